The molecule has 94 valence electrons. The van der Waals surface area contributed by atoms with Crippen molar-refractivity contribution < 1.29 is 9.26 Å². The number of ether oxygens (including phenoxy) is 1. The van der Waals surface area contributed by atoms with E-state index >= 15 is 0 Å². The number of rotatable bonds is 4. The highest BCUT2D eigenvalue weighted by molar-refractivity contribution is 8.64. The van der Waals surface area contributed by atoms with E-state index in [0.29, 0.717) is 0 Å². The molecule has 0 amide bonds. The van der Waals surface area contributed by atoms with Crippen molar-refractivity contribution in [3.63, 3.8) is 0 Å². The lowest BCUT2D eigenvalue weighted by Crippen LogP contribution is -2.01. The molecule has 5 heteroatoms. The standard InChI is InChI=1S/C13H13O2PS2/c1-14-16(17,18)13-9-7-12(8-10-13)15-11-5-3-2-4-6-11/h2-10H,1H3,(H,17,18). The molecule has 0 saturated carbocycles. The Balaban J connectivity index is 2.16. The number of benzene rings is 2. The van der Waals surface area contributed by atoms with E-state index in [4.69, 9.17) is 21.1 Å². The van der Waals surface area contributed by atoms with E-state index in [1.807, 2.05) is 54.6 Å². The molecule has 0 N–H and O–H groups in total. The Morgan fingerprint density at radius 1 is 0.944 bits per heavy atom. The summed E-state index contributed by atoms with van der Waals surface area (Å²) in [5.41, 5.74) is -2.16. The Bertz CT molecular complexity index is 555. The van der Waals surface area contributed by atoms with Gasteiger partial charge in [0.1, 0.15) is 17.0 Å². The second-order valence-corrected chi connectivity index (χ2v) is 9.58. The summed E-state index contributed by atoms with van der Waals surface area (Å²) in [6.45, 7) is 0. The molecule has 0 aliphatic rings. The smallest absolute Gasteiger partial charge is 0.145 e. The van der Waals surface area contributed by atoms with Crippen LogP contribution >= 0.6 is 17.7 Å². The molecule has 18 heavy (non-hydrogen) atoms. The van der Waals surface area contributed by atoms with Crippen LogP contribution in [0.3, 0.4) is 0 Å². The van der Waals surface area contributed by atoms with E-state index in [0.717, 1.165) is 16.8 Å². The van der Waals surface area contributed by atoms with Crippen LogP contribution in [0, 0.1) is 0 Å². The molecule has 1 unspecified atom stereocenters. The van der Waals surface area contributed by atoms with E-state index in [2.05, 4.69) is 12.2 Å². The van der Waals surface area contributed by atoms with Crippen molar-refractivity contribution in [2.75, 3.05) is 7.11 Å². The van der Waals surface area contributed by atoms with Gasteiger partial charge in [-0.3, -0.25) is 0 Å². The largest absolute Gasteiger partial charge is 0.457 e. The average molecular weight is 296 g/mol. The zero-order chi connectivity index (χ0) is 13.0. The van der Waals surface area contributed by atoms with E-state index in [1.165, 1.54) is 0 Å². The van der Waals surface area contributed by atoms with Crippen LogP contribution in [-0.2, 0) is 16.3 Å². The molecule has 2 nitrogen and oxygen atoms in total. The predicted molar refractivity (Wildman–Crippen MR) is 82.9 cm³/mol. The van der Waals surface area contributed by atoms with Crippen molar-refractivity contribution >= 4 is 34.8 Å². The summed E-state index contributed by atoms with van der Waals surface area (Å²) in [4.78, 5) is 0. The molecule has 0 saturated heterocycles. The van der Waals surface area contributed by atoms with Crippen molar-refractivity contribution in [3.05, 3.63) is 54.6 Å². The Labute approximate surface area is 117 Å². The fraction of sp³-hybridized carbons (Fsp3) is 0.0769. The molecule has 0 fully saturated rings. The van der Waals surface area contributed by atoms with Gasteiger partial charge in [0.2, 0.25) is 0 Å². The van der Waals surface area contributed by atoms with Crippen LogP contribution in [0.4, 0.5) is 0 Å². The third kappa shape index (κ3) is 3.36. The second-order valence-electron chi connectivity index (χ2n) is 3.61. The van der Waals surface area contributed by atoms with E-state index < -0.39 is 5.47 Å². The molecule has 0 bridgehead atoms. The number of hydrogen-bond donors (Lipinski definition) is 1. The minimum atomic E-state index is -2.16. The van der Waals surface area contributed by atoms with Gasteiger partial charge in [0, 0.05) is 12.4 Å². The maximum absolute atomic E-state index is 5.69. The maximum Gasteiger partial charge on any atom is 0.145 e. The van der Waals surface area contributed by atoms with Crippen molar-refractivity contribution in [2.24, 2.45) is 0 Å². The summed E-state index contributed by atoms with van der Waals surface area (Å²) in [6.07, 6.45) is 0. The molecule has 2 aromatic carbocycles. The zero-order valence-corrected chi connectivity index (χ0v) is 12.4. The van der Waals surface area contributed by atoms with Crippen molar-refractivity contribution in [1.82, 2.24) is 0 Å². The van der Waals surface area contributed by atoms with Gasteiger partial charge >= 0.3 is 0 Å². The lowest BCUT2D eigenvalue weighted by Gasteiger charge is -2.14. The van der Waals surface area contributed by atoms with Crippen molar-refractivity contribution in [1.29, 1.82) is 0 Å². The minimum Gasteiger partial charge on any atom is -0.457 e. The highest BCUT2D eigenvalue weighted by atomic mass is 32.9. The minimum absolute atomic E-state index is 0.768. The fourth-order valence-corrected chi connectivity index (χ4v) is 2.93. The van der Waals surface area contributed by atoms with E-state index in [-0.39, 0.29) is 0 Å². The number of thiol groups is 1. The van der Waals surface area contributed by atoms with Gasteiger partial charge in [-0.2, -0.15) is 0 Å². The lowest BCUT2D eigenvalue weighted by molar-refractivity contribution is 0.476. The van der Waals surface area contributed by atoms with Gasteiger partial charge in [-0.05, 0) is 36.4 Å². The molecule has 0 radical (unpaired) electrons. The van der Waals surface area contributed by atoms with Gasteiger partial charge in [0.25, 0.3) is 0 Å². The van der Waals surface area contributed by atoms with Crippen LogP contribution < -0.4 is 10.0 Å². The lowest BCUT2D eigenvalue weighted by atomic mass is 10.3. The molecule has 0 aromatic heterocycles. The third-order valence-electron chi connectivity index (χ3n) is 2.39. The van der Waals surface area contributed by atoms with E-state index in [9.17, 15) is 0 Å². The van der Waals surface area contributed by atoms with Gasteiger partial charge < -0.3 is 9.26 Å². The molecular weight excluding hydrogens is 283 g/mol. The quantitative estimate of drug-likeness (QED) is 0.680. The van der Waals surface area contributed by atoms with Crippen LogP contribution in [0.1, 0.15) is 0 Å². The molecule has 2 aromatic rings. The zero-order valence-electron chi connectivity index (χ0n) is 9.82. The molecule has 0 aliphatic carbocycles. The summed E-state index contributed by atoms with van der Waals surface area (Å²) in [5.74, 6) is 1.58. The highest BCUT2D eigenvalue weighted by Crippen LogP contribution is 2.50. The van der Waals surface area contributed by atoms with Crippen molar-refractivity contribution in [2.45, 2.75) is 0 Å². The molecule has 1 atom stereocenters. The van der Waals surface area contributed by atoms with Gasteiger partial charge in [0.05, 0.1) is 0 Å². The van der Waals surface area contributed by atoms with Crippen LogP contribution in [0.2, 0.25) is 0 Å². The Hall–Kier alpha value is -0.800. The first-order valence-electron chi connectivity index (χ1n) is 5.34. The molecule has 0 aliphatic heterocycles. The molecular formula is C13H13O2PS2. The van der Waals surface area contributed by atoms with Gasteiger partial charge in [-0.1, -0.05) is 30.0 Å². The second kappa shape index (κ2) is 5.89. The summed E-state index contributed by atoms with van der Waals surface area (Å²) in [7, 11) is 1.59. The first kappa shape index (κ1) is 13.6. The van der Waals surface area contributed by atoms with Gasteiger partial charge in [-0.25, -0.2) is 0 Å². The summed E-state index contributed by atoms with van der Waals surface area (Å²) >= 11 is 9.67. The van der Waals surface area contributed by atoms with Gasteiger partial charge in [0.15, 0.2) is 0 Å². The first-order valence-corrected chi connectivity index (χ1v) is 9.21. The third-order valence-corrected chi connectivity index (χ3v) is 6.10. The van der Waals surface area contributed by atoms with Gasteiger partial charge in [-0.15, -0.1) is 12.2 Å². The summed E-state index contributed by atoms with van der Waals surface area (Å²) in [5, 5.41) is 0.920. The van der Waals surface area contributed by atoms with Crippen LogP contribution in [0.5, 0.6) is 11.5 Å². The SMILES string of the molecule is COP(=S)(S)c1ccc(Oc2ccccc2)cc1. The van der Waals surface area contributed by atoms with Crippen LogP contribution in [0.15, 0.2) is 54.6 Å². The molecule has 0 heterocycles. The summed E-state index contributed by atoms with van der Waals surface area (Å²) in [6, 6.07) is 17.2. The average Bonchev–Trinajstić information content (AvgIpc) is 2.40. The topological polar surface area (TPSA) is 18.5 Å². The maximum atomic E-state index is 5.69. The monoisotopic (exact) mass is 296 g/mol. The van der Waals surface area contributed by atoms with Crippen molar-refractivity contribution in [3.8, 4) is 11.5 Å². The first-order chi connectivity index (χ1) is 8.62. The number of hydrogen-bond acceptors (Lipinski definition) is 3. The predicted octanol–water partition coefficient (Wildman–Crippen LogP) is 3.99. The Morgan fingerprint density at radius 2 is 1.50 bits per heavy atom. The normalized spacial score (nSPS) is 13.9. The van der Waals surface area contributed by atoms with E-state index in [1.54, 1.807) is 7.11 Å². The molecule has 2 rings (SSSR count). The number of para-hydroxylation sites is 1. The molecule has 0 spiro atoms. The highest BCUT2D eigenvalue weighted by Gasteiger charge is 2.13. The fourth-order valence-electron chi connectivity index (χ4n) is 1.43. The van der Waals surface area contributed by atoms with Crippen LogP contribution in [0.25, 0.3) is 0 Å². The Morgan fingerprint density at radius 3 is 2.06 bits per heavy atom. The Kier molecular flexibility index (Phi) is 4.46. The van der Waals surface area contributed by atoms with Crippen LogP contribution in [-0.4, -0.2) is 7.11 Å². The summed E-state index contributed by atoms with van der Waals surface area (Å²) < 4.78 is 10.9.